The van der Waals surface area contributed by atoms with Crippen LogP contribution in [0.15, 0.2) is 39.1 Å². The summed E-state index contributed by atoms with van der Waals surface area (Å²) in [6, 6.07) is 7.73. The zero-order valence-electron chi connectivity index (χ0n) is 12.0. The lowest BCUT2D eigenvalue weighted by atomic mass is 10.2. The van der Waals surface area contributed by atoms with Crippen molar-refractivity contribution < 1.29 is 8.42 Å². The number of aromatic nitrogens is 1. The van der Waals surface area contributed by atoms with Crippen LogP contribution < -0.4 is 0 Å². The van der Waals surface area contributed by atoms with Gasteiger partial charge in [-0.05, 0) is 25.0 Å². The largest absolute Gasteiger partial charge is 0.261 e. The average molecular weight is 401 g/mol. The lowest BCUT2D eigenvalue weighted by molar-refractivity contribution is 0.422. The first-order chi connectivity index (χ1) is 10.6. The number of hydrogen-bond donors (Lipinski definition) is 0. The third kappa shape index (κ3) is 3.42. The molecule has 1 aromatic heterocycles. The van der Waals surface area contributed by atoms with Crippen molar-refractivity contribution in [3.8, 4) is 10.6 Å². The fourth-order valence-electron chi connectivity index (χ4n) is 2.52. The summed E-state index contributed by atoms with van der Waals surface area (Å²) in [5, 5.41) is 2.57. The predicted octanol–water partition coefficient (Wildman–Crippen LogP) is 4.14. The molecule has 22 heavy (non-hydrogen) atoms. The number of benzene rings is 1. The molecule has 0 amide bonds. The van der Waals surface area contributed by atoms with Crippen LogP contribution >= 0.6 is 27.3 Å². The van der Waals surface area contributed by atoms with E-state index in [1.165, 1.54) is 11.3 Å². The van der Waals surface area contributed by atoms with Gasteiger partial charge in [0.25, 0.3) is 10.0 Å². The molecule has 0 radical (unpaired) electrons. The van der Waals surface area contributed by atoms with Crippen LogP contribution in [0.5, 0.6) is 0 Å². The van der Waals surface area contributed by atoms with E-state index in [1.54, 1.807) is 9.69 Å². The first-order valence-electron chi connectivity index (χ1n) is 7.29. The highest BCUT2D eigenvalue weighted by atomic mass is 79.9. The molecule has 7 heteroatoms. The molecule has 1 saturated heterocycles. The van der Waals surface area contributed by atoms with Crippen molar-refractivity contribution in [1.82, 2.24) is 9.29 Å². The minimum absolute atomic E-state index is 0.178. The fraction of sp³-hybridized carbons (Fsp3) is 0.400. The summed E-state index contributed by atoms with van der Waals surface area (Å²) >= 11 is 4.77. The highest BCUT2D eigenvalue weighted by Gasteiger charge is 2.27. The van der Waals surface area contributed by atoms with Crippen LogP contribution in [-0.2, 0) is 10.0 Å². The van der Waals surface area contributed by atoms with E-state index in [0.717, 1.165) is 40.7 Å². The van der Waals surface area contributed by atoms with Gasteiger partial charge >= 0.3 is 0 Å². The Balaban J connectivity index is 1.87. The molecule has 1 fully saturated rings. The summed E-state index contributed by atoms with van der Waals surface area (Å²) in [7, 11) is -3.46. The number of nitrogens with zero attached hydrogens (tertiary/aromatic N) is 2. The van der Waals surface area contributed by atoms with Crippen molar-refractivity contribution in [2.24, 2.45) is 0 Å². The minimum Gasteiger partial charge on any atom is -0.223 e. The van der Waals surface area contributed by atoms with Crippen LogP contribution in [-0.4, -0.2) is 30.8 Å². The SMILES string of the molecule is O=S(=O)(c1csc(-c2ccc(Br)cc2)n1)N1CCCCCC1. The van der Waals surface area contributed by atoms with Gasteiger partial charge in [0.15, 0.2) is 5.03 Å². The molecule has 0 spiro atoms. The van der Waals surface area contributed by atoms with Gasteiger partial charge in [-0.25, -0.2) is 13.4 Å². The Kier molecular flexibility index (Phi) is 4.97. The van der Waals surface area contributed by atoms with Crippen molar-refractivity contribution in [2.75, 3.05) is 13.1 Å². The number of halogens is 1. The van der Waals surface area contributed by atoms with Gasteiger partial charge in [-0.3, -0.25) is 0 Å². The van der Waals surface area contributed by atoms with Crippen LogP contribution in [0.2, 0.25) is 0 Å². The molecular weight excluding hydrogens is 384 g/mol. The molecule has 0 saturated carbocycles. The average Bonchev–Trinajstić information content (AvgIpc) is 2.84. The van der Waals surface area contributed by atoms with E-state index in [9.17, 15) is 8.42 Å². The second-order valence-corrected chi connectivity index (χ2v) is 8.97. The van der Waals surface area contributed by atoms with Crippen LogP contribution in [0, 0.1) is 0 Å². The van der Waals surface area contributed by atoms with Crippen LogP contribution in [0.1, 0.15) is 25.7 Å². The summed E-state index contributed by atoms with van der Waals surface area (Å²) in [5.41, 5.74) is 0.936. The molecule has 1 aliphatic heterocycles. The Hall–Kier alpha value is -0.760. The molecule has 2 aromatic rings. The van der Waals surface area contributed by atoms with Crippen LogP contribution in [0.25, 0.3) is 10.6 Å². The summed E-state index contributed by atoms with van der Waals surface area (Å²) in [6.45, 7) is 1.21. The Bertz CT molecular complexity index is 733. The normalized spacial score (nSPS) is 17.3. The van der Waals surface area contributed by atoms with Gasteiger partial charge in [0.05, 0.1) is 0 Å². The molecular formula is C15H17BrN2O2S2. The topological polar surface area (TPSA) is 50.3 Å². The number of rotatable bonds is 3. The second-order valence-electron chi connectivity index (χ2n) is 5.32. The summed E-state index contributed by atoms with van der Waals surface area (Å²) in [4.78, 5) is 4.36. The molecule has 118 valence electrons. The highest BCUT2D eigenvalue weighted by Crippen LogP contribution is 2.28. The first kappa shape index (κ1) is 16.1. The van der Waals surface area contributed by atoms with Crippen molar-refractivity contribution >= 4 is 37.3 Å². The van der Waals surface area contributed by atoms with Crippen molar-refractivity contribution in [2.45, 2.75) is 30.7 Å². The molecule has 0 bridgehead atoms. The van der Waals surface area contributed by atoms with Gasteiger partial charge in [0, 0.05) is 28.5 Å². The molecule has 4 nitrogen and oxygen atoms in total. The van der Waals surface area contributed by atoms with Gasteiger partial charge in [-0.2, -0.15) is 4.31 Å². The molecule has 0 atom stereocenters. The van der Waals surface area contributed by atoms with Gasteiger partial charge in [-0.15, -0.1) is 11.3 Å². The van der Waals surface area contributed by atoms with Gasteiger partial charge < -0.3 is 0 Å². The van der Waals surface area contributed by atoms with E-state index in [1.807, 2.05) is 24.3 Å². The first-order valence-corrected chi connectivity index (χ1v) is 10.4. The molecule has 0 unspecified atom stereocenters. The van der Waals surface area contributed by atoms with Crippen molar-refractivity contribution in [1.29, 1.82) is 0 Å². The smallest absolute Gasteiger partial charge is 0.223 e. The van der Waals surface area contributed by atoms with E-state index in [-0.39, 0.29) is 5.03 Å². The molecule has 2 heterocycles. The van der Waals surface area contributed by atoms with E-state index in [4.69, 9.17) is 0 Å². The Morgan fingerprint density at radius 1 is 1.05 bits per heavy atom. The quantitative estimate of drug-likeness (QED) is 0.777. The zero-order chi connectivity index (χ0) is 15.6. The van der Waals surface area contributed by atoms with Crippen LogP contribution in [0.4, 0.5) is 0 Å². The van der Waals surface area contributed by atoms with E-state index < -0.39 is 10.0 Å². The molecule has 0 aliphatic carbocycles. The summed E-state index contributed by atoms with van der Waals surface area (Å²) < 4.78 is 28.0. The Morgan fingerprint density at radius 3 is 2.32 bits per heavy atom. The maximum atomic E-state index is 12.7. The molecule has 0 N–H and O–H groups in total. The third-order valence-corrected chi connectivity index (χ3v) is 7.10. The standard InChI is InChI=1S/C15H17BrN2O2S2/c16-13-7-5-12(6-8-13)15-17-14(11-21-15)22(19,20)18-9-3-1-2-4-10-18/h5-8,11H,1-4,9-10H2. The lowest BCUT2D eigenvalue weighted by Crippen LogP contribution is -2.32. The third-order valence-electron chi connectivity index (χ3n) is 3.74. The Labute approximate surface area is 143 Å². The highest BCUT2D eigenvalue weighted by molar-refractivity contribution is 9.10. The molecule has 1 aromatic carbocycles. The van der Waals surface area contributed by atoms with Gasteiger partial charge in [0.1, 0.15) is 5.01 Å². The predicted molar refractivity (Wildman–Crippen MR) is 92.5 cm³/mol. The minimum atomic E-state index is -3.46. The van der Waals surface area contributed by atoms with Crippen LogP contribution in [0.3, 0.4) is 0 Å². The zero-order valence-corrected chi connectivity index (χ0v) is 15.3. The summed E-state index contributed by atoms with van der Waals surface area (Å²) in [6.07, 6.45) is 4.08. The monoisotopic (exact) mass is 400 g/mol. The Morgan fingerprint density at radius 2 is 1.68 bits per heavy atom. The fourth-order valence-corrected chi connectivity index (χ4v) is 5.37. The van der Waals surface area contributed by atoms with E-state index in [0.29, 0.717) is 13.1 Å². The van der Waals surface area contributed by atoms with Crippen molar-refractivity contribution in [3.63, 3.8) is 0 Å². The molecule has 1 aliphatic rings. The maximum absolute atomic E-state index is 12.7. The molecule has 3 rings (SSSR count). The number of hydrogen-bond acceptors (Lipinski definition) is 4. The van der Waals surface area contributed by atoms with Crippen molar-refractivity contribution in [3.05, 3.63) is 34.1 Å². The second kappa shape index (κ2) is 6.78. The van der Waals surface area contributed by atoms with Gasteiger partial charge in [-0.1, -0.05) is 40.9 Å². The number of thiazole rings is 1. The lowest BCUT2D eigenvalue weighted by Gasteiger charge is -2.18. The van der Waals surface area contributed by atoms with E-state index in [2.05, 4.69) is 20.9 Å². The maximum Gasteiger partial charge on any atom is 0.261 e. The van der Waals surface area contributed by atoms with Gasteiger partial charge in [0.2, 0.25) is 0 Å². The van der Waals surface area contributed by atoms with E-state index >= 15 is 0 Å². The number of sulfonamides is 1. The summed E-state index contributed by atoms with van der Waals surface area (Å²) in [5.74, 6) is 0.